The molecule has 0 spiro atoms. The molecule has 3 aromatic rings. The molecule has 132 valence electrons. The van der Waals surface area contributed by atoms with E-state index < -0.39 is 6.03 Å². The first kappa shape index (κ1) is 17.5. The van der Waals surface area contributed by atoms with Crippen molar-refractivity contribution < 1.29 is 9.59 Å². The highest BCUT2D eigenvalue weighted by molar-refractivity contribution is 7.13. The zero-order valence-electron chi connectivity index (χ0n) is 13.9. The molecule has 3 aromatic heterocycles. The van der Waals surface area contributed by atoms with Crippen LogP contribution < -0.4 is 16.0 Å². The van der Waals surface area contributed by atoms with E-state index in [9.17, 15) is 9.59 Å². The predicted octanol–water partition coefficient (Wildman–Crippen LogP) is 2.99. The number of carbonyl (C=O) groups excluding carboxylic acids is 2. The quantitative estimate of drug-likeness (QED) is 0.641. The fraction of sp³-hybridized carbons (Fsp3) is 0.118. The molecule has 0 saturated carbocycles. The molecule has 3 heterocycles. The Balaban J connectivity index is 1.64. The van der Waals surface area contributed by atoms with Crippen LogP contribution in [-0.4, -0.2) is 33.4 Å². The molecule has 0 aliphatic heterocycles. The number of nitrogens with zero attached hydrogens (tertiary/aromatic N) is 3. The third-order valence-corrected chi connectivity index (χ3v) is 4.13. The first-order valence-electron chi connectivity index (χ1n) is 7.85. The average molecular weight is 368 g/mol. The highest BCUT2D eigenvalue weighted by atomic mass is 32.1. The Hall–Kier alpha value is -3.33. The minimum atomic E-state index is -0.489. The number of hydrogen-bond donors (Lipinski definition) is 3. The van der Waals surface area contributed by atoms with Gasteiger partial charge >= 0.3 is 6.03 Å². The van der Waals surface area contributed by atoms with E-state index >= 15 is 0 Å². The van der Waals surface area contributed by atoms with Crippen molar-refractivity contribution >= 4 is 34.9 Å². The SMILES string of the molecule is CCNC(=O)c1cccc(NC(=O)Nc2csc(-c3ccncc3)n2)n1. The Morgan fingerprint density at radius 1 is 1.04 bits per heavy atom. The van der Waals surface area contributed by atoms with Crippen LogP contribution in [-0.2, 0) is 0 Å². The maximum Gasteiger partial charge on any atom is 0.326 e. The van der Waals surface area contributed by atoms with Crippen molar-refractivity contribution in [3.8, 4) is 10.6 Å². The first-order chi connectivity index (χ1) is 12.7. The summed E-state index contributed by atoms with van der Waals surface area (Å²) in [5.74, 6) is 0.410. The molecule has 3 rings (SSSR count). The number of amides is 3. The summed E-state index contributed by atoms with van der Waals surface area (Å²) in [5, 5.41) is 10.4. The van der Waals surface area contributed by atoms with E-state index in [0.29, 0.717) is 12.4 Å². The molecule has 0 aliphatic rings. The van der Waals surface area contributed by atoms with Crippen molar-refractivity contribution in [2.45, 2.75) is 6.92 Å². The fourth-order valence-electron chi connectivity index (χ4n) is 2.10. The van der Waals surface area contributed by atoms with E-state index in [1.165, 1.54) is 11.3 Å². The molecule has 26 heavy (non-hydrogen) atoms. The lowest BCUT2D eigenvalue weighted by molar-refractivity contribution is 0.0951. The normalized spacial score (nSPS) is 10.2. The molecule has 0 aliphatic carbocycles. The van der Waals surface area contributed by atoms with Crippen molar-refractivity contribution in [2.24, 2.45) is 0 Å². The average Bonchev–Trinajstić information content (AvgIpc) is 3.11. The molecule has 0 aromatic carbocycles. The molecule has 3 amide bonds. The van der Waals surface area contributed by atoms with Gasteiger partial charge < -0.3 is 5.32 Å². The molecule has 3 N–H and O–H groups in total. The largest absolute Gasteiger partial charge is 0.351 e. The highest BCUT2D eigenvalue weighted by Gasteiger charge is 2.10. The van der Waals surface area contributed by atoms with Gasteiger partial charge in [0.25, 0.3) is 5.91 Å². The van der Waals surface area contributed by atoms with Crippen molar-refractivity contribution in [3.05, 3.63) is 53.8 Å². The van der Waals surface area contributed by atoms with Gasteiger partial charge in [0.1, 0.15) is 22.3 Å². The molecular formula is C17H16N6O2S. The van der Waals surface area contributed by atoms with Gasteiger partial charge in [0.15, 0.2) is 0 Å². The third-order valence-electron chi connectivity index (χ3n) is 3.23. The Morgan fingerprint density at radius 3 is 2.58 bits per heavy atom. The van der Waals surface area contributed by atoms with Gasteiger partial charge in [-0.15, -0.1) is 11.3 Å². The van der Waals surface area contributed by atoms with Crippen LogP contribution in [0.25, 0.3) is 10.6 Å². The second-order valence-corrected chi connectivity index (χ2v) is 5.98. The number of aromatic nitrogens is 3. The molecular weight excluding hydrogens is 352 g/mol. The summed E-state index contributed by atoms with van der Waals surface area (Å²) < 4.78 is 0. The number of urea groups is 1. The monoisotopic (exact) mass is 368 g/mol. The lowest BCUT2D eigenvalue weighted by Gasteiger charge is -2.07. The molecule has 0 unspecified atom stereocenters. The topological polar surface area (TPSA) is 109 Å². The first-order valence-corrected chi connectivity index (χ1v) is 8.73. The standard InChI is InChI=1S/C17H16N6O2S/c1-2-19-15(24)12-4-3-5-13(20-12)22-17(25)23-14-10-26-16(21-14)11-6-8-18-9-7-11/h3-10H,2H2,1H3,(H,19,24)(H2,20,22,23,25). The second-order valence-electron chi connectivity index (χ2n) is 5.12. The van der Waals surface area contributed by atoms with Crippen LogP contribution in [0.5, 0.6) is 0 Å². The summed E-state index contributed by atoms with van der Waals surface area (Å²) in [6.45, 7) is 2.32. The van der Waals surface area contributed by atoms with E-state index in [2.05, 4.69) is 30.9 Å². The highest BCUT2D eigenvalue weighted by Crippen LogP contribution is 2.25. The number of rotatable bonds is 5. The Kier molecular flexibility index (Phi) is 5.49. The van der Waals surface area contributed by atoms with Crippen LogP contribution in [0, 0.1) is 0 Å². The van der Waals surface area contributed by atoms with Crippen LogP contribution in [0.15, 0.2) is 48.1 Å². The zero-order valence-corrected chi connectivity index (χ0v) is 14.7. The van der Waals surface area contributed by atoms with Gasteiger partial charge in [-0.05, 0) is 31.2 Å². The van der Waals surface area contributed by atoms with Gasteiger partial charge in [-0.3, -0.25) is 20.4 Å². The van der Waals surface area contributed by atoms with E-state index in [4.69, 9.17) is 0 Å². The predicted molar refractivity (Wildman–Crippen MR) is 100 cm³/mol. The molecule has 0 bridgehead atoms. The molecule has 0 atom stereocenters. The van der Waals surface area contributed by atoms with Crippen LogP contribution in [0.1, 0.15) is 17.4 Å². The van der Waals surface area contributed by atoms with E-state index in [-0.39, 0.29) is 17.4 Å². The van der Waals surface area contributed by atoms with Gasteiger partial charge in [-0.25, -0.2) is 14.8 Å². The maximum atomic E-state index is 12.1. The van der Waals surface area contributed by atoms with E-state index in [1.54, 1.807) is 36.0 Å². The third kappa shape index (κ3) is 4.39. The van der Waals surface area contributed by atoms with Gasteiger partial charge in [0, 0.05) is 29.9 Å². The number of nitrogens with one attached hydrogen (secondary N) is 3. The number of hydrogen-bond acceptors (Lipinski definition) is 6. The van der Waals surface area contributed by atoms with Crippen molar-refractivity contribution in [2.75, 3.05) is 17.2 Å². The van der Waals surface area contributed by atoms with Crippen molar-refractivity contribution in [1.29, 1.82) is 0 Å². The minimum Gasteiger partial charge on any atom is -0.351 e. The van der Waals surface area contributed by atoms with Crippen LogP contribution in [0.2, 0.25) is 0 Å². The summed E-state index contributed by atoms with van der Waals surface area (Å²) >= 11 is 1.41. The van der Waals surface area contributed by atoms with Gasteiger partial charge in [-0.2, -0.15) is 0 Å². The smallest absolute Gasteiger partial charge is 0.326 e. The summed E-state index contributed by atoms with van der Waals surface area (Å²) in [4.78, 5) is 36.4. The molecule has 8 nitrogen and oxygen atoms in total. The minimum absolute atomic E-state index is 0.235. The summed E-state index contributed by atoms with van der Waals surface area (Å²) in [6.07, 6.45) is 3.37. The summed E-state index contributed by atoms with van der Waals surface area (Å²) in [5.41, 5.74) is 1.16. The summed E-state index contributed by atoms with van der Waals surface area (Å²) in [6, 6.07) is 8.04. The Bertz CT molecular complexity index is 912. The van der Waals surface area contributed by atoms with Crippen LogP contribution in [0.3, 0.4) is 0 Å². The Morgan fingerprint density at radius 2 is 1.81 bits per heavy atom. The van der Waals surface area contributed by atoms with Crippen LogP contribution >= 0.6 is 11.3 Å². The number of anilines is 2. The van der Waals surface area contributed by atoms with Gasteiger partial charge in [0.2, 0.25) is 0 Å². The number of carbonyl (C=O) groups is 2. The molecule has 0 saturated heterocycles. The fourth-order valence-corrected chi connectivity index (χ4v) is 2.86. The number of pyridine rings is 2. The van der Waals surface area contributed by atoms with Crippen molar-refractivity contribution in [3.63, 3.8) is 0 Å². The molecule has 0 fully saturated rings. The molecule has 0 radical (unpaired) electrons. The van der Waals surface area contributed by atoms with Gasteiger partial charge in [0.05, 0.1) is 0 Å². The Labute approximate surface area is 153 Å². The van der Waals surface area contributed by atoms with E-state index in [1.807, 2.05) is 19.1 Å². The van der Waals surface area contributed by atoms with Crippen molar-refractivity contribution in [1.82, 2.24) is 20.3 Å². The lowest BCUT2D eigenvalue weighted by atomic mass is 10.3. The van der Waals surface area contributed by atoms with Crippen LogP contribution in [0.4, 0.5) is 16.4 Å². The second kappa shape index (κ2) is 8.17. The molecule has 9 heteroatoms. The van der Waals surface area contributed by atoms with E-state index in [0.717, 1.165) is 10.6 Å². The lowest BCUT2D eigenvalue weighted by Crippen LogP contribution is -2.25. The maximum absolute atomic E-state index is 12.1. The summed E-state index contributed by atoms with van der Waals surface area (Å²) in [7, 11) is 0. The number of thiazole rings is 1. The van der Waals surface area contributed by atoms with Gasteiger partial charge in [-0.1, -0.05) is 6.07 Å². The zero-order chi connectivity index (χ0) is 18.4.